The highest BCUT2D eigenvalue weighted by molar-refractivity contribution is 5.73. The highest BCUT2D eigenvalue weighted by Crippen LogP contribution is 2.49. The zero-order valence-electron chi connectivity index (χ0n) is 23.1. The quantitative estimate of drug-likeness (QED) is 0.347. The first-order valence-electron chi connectivity index (χ1n) is 14.0. The second-order valence-electron chi connectivity index (χ2n) is 11.6. The molecule has 1 saturated heterocycles. The van der Waals surface area contributed by atoms with Gasteiger partial charge in [-0.15, -0.1) is 13.2 Å². The summed E-state index contributed by atoms with van der Waals surface area (Å²) in [5.41, 5.74) is 3.48. The summed E-state index contributed by atoms with van der Waals surface area (Å²) < 4.78 is 55.3. The molecule has 212 valence electrons. The van der Waals surface area contributed by atoms with Crippen LogP contribution in [0.5, 0.6) is 11.5 Å². The van der Waals surface area contributed by atoms with Crippen LogP contribution >= 0.6 is 0 Å². The maximum absolute atomic E-state index is 13.0. The summed E-state index contributed by atoms with van der Waals surface area (Å²) in [6.45, 7) is 7.21. The van der Waals surface area contributed by atoms with Crippen molar-refractivity contribution < 1.29 is 32.2 Å². The fourth-order valence-electron chi connectivity index (χ4n) is 6.56. The average Bonchev–Trinajstić information content (AvgIpc) is 3.73. The minimum absolute atomic E-state index is 0.120. The SMILES string of the molecule is COC(=O)[C@@H](C)C(c1ccc2c(c1)OC1(CC2)CCN(C(C)c2cc(C)ccc2OC(F)(F)F)CC1)C1CC1. The van der Waals surface area contributed by atoms with Gasteiger partial charge in [0, 0.05) is 24.7 Å². The number of esters is 1. The number of likely N-dealkylation sites (tertiary alicyclic amines) is 1. The molecule has 2 unspecified atom stereocenters. The van der Waals surface area contributed by atoms with E-state index in [1.54, 1.807) is 12.1 Å². The Morgan fingerprint density at radius 3 is 2.44 bits per heavy atom. The van der Waals surface area contributed by atoms with Gasteiger partial charge in [0.25, 0.3) is 0 Å². The normalized spacial score (nSPS) is 21.4. The van der Waals surface area contributed by atoms with E-state index >= 15 is 0 Å². The average molecular weight is 546 g/mol. The molecule has 0 N–H and O–H groups in total. The second-order valence-corrected chi connectivity index (χ2v) is 11.6. The molecular formula is C31H38F3NO4. The van der Waals surface area contributed by atoms with Gasteiger partial charge in [0.2, 0.25) is 0 Å². The minimum atomic E-state index is -4.73. The van der Waals surface area contributed by atoms with Crippen LogP contribution in [0.4, 0.5) is 13.2 Å². The standard InChI is InChI=1S/C31H38F3NO4/c1-19-5-10-26(39-31(32,33)34)25(17-19)21(3)35-15-13-30(14-16-35)12-11-22-6-9-24(18-27(22)38-30)28(23-7-8-23)20(2)29(36)37-4/h5-6,9-10,17-18,20-21,23,28H,7-8,11-16H2,1-4H3/t20-,21?,28?/m0/s1. The van der Waals surface area contributed by atoms with Crippen LogP contribution in [0.15, 0.2) is 36.4 Å². The zero-order chi connectivity index (χ0) is 27.9. The lowest BCUT2D eigenvalue weighted by atomic mass is 9.80. The number of rotatable bonds is 7. The molecule has 1 saturated carbocycles. The lowest BCUT2D eigenvalue weighted by Crippen LogP contribution is -2.50. The molecule has 8 heteroatoms. The van der Waals surface area contributed by atoms with Crippen molar-refractivity contribution in [1.29, 1.82) is 0 Å². The Morgan fingerprint density at radius 2 is 1.79 bits per heavy atom. The number of benzene rings is 2. The first-order valence-corrected chi connectivity index (χ1v) is 14.0. The van der Waals surface area contributed by atoms with Crippen molar-refractivity contribution in [2.75, 3.05) is 20.2 Å². The molecule has 0 aromatic heterocycles. The first kappa shape index (κ1) is 27.8. The number of aryl methyl sites for hydroxylation is 2. The number of nitrogens with zero attached hydrogens (tertiary/aromatic N) is 1. The van der Waals surface area contributed by atoms with E-state index in [-0.39, 0.29) is 35.2 Å². The highest BCUT2D eigenvalue weighted by Gasteiger charge is 2.43. The maximum Gasteiger partial charge on any atom is 0.573 e. The van der Waals surface area contributed by atoms with E-state index in [4.69, 9.17) is 9.47 Å². The van der Waals surface area contributed by atoms with Gasteiger partial charge < -0.3 is 14.2 Å². The van der Waals surface area contributed by atoms with E-state index in [0.717, 1.165) is 68.5 Å². The van der Waals surface area contributed by atoms with E-state index in [1.807, 2.05) is 20.8 Å². The molecule has 0 radical (unpaired) electrons. The topological polar surface area (TPSA) is 48.0 Å². The van der Waals surface area contributed by atoms with Crippen molar-refractivity contribution in [3.05, 3.63) is 58.7 Å². The Morgan fingerprint density at radius 1 is 1.08 bits per heavy atom. The number of carbonyl (C=O) groups is 1. The minimum Gasteiger partial charge on any atom is -0.487 e. The number of halogens is 3. The second kappa shape index (κ2) is 10.7. The molecule has 0 amide bonds. The largest absolute Gasteiger partial charge is 0.573 e. The number of carbonyl (C=O) groups excluding carboxylic acids is 1. The van der Waals surface area contributed by atoms with Gasteiger partial charge in [-0.05, 0) is 87.5 Å². The number of hydrogen-bond donors (Lipinski definition) is 0. The van der Waals surface area contributed by atoms with Crippen LogP contribution in [0, 0.1) is 18.8 Å². The predicted octanol–water partition coefficient (Wildman–Crippen LogP) is 7.12. The summed E-state index contributed by atoms with van der Waals surface area (Å²) >= 11 is 0. The molecule has 5 nitrogen and oxygen atoms in total. The fraction of sp³-hybridized carbons (Fsp3) is 0.581. The summed E-state index contributed by atoms with van der Waals surface area (Å²) in [6, 6.07) is 11.1. The number of ether oxygens (including phenoxy) is 3. The molecule has 2 aromatic carbocycles. The maximum atomic E-state index is 13.0. The third kappa shape index (κ3) is 6.06. The fourth-order valence-corrected chi connectivity index (χ4v) is 6.56. The third-order valence-electron chi connectivity index (χ3n) is 8.99. The molecular weight excluding hydrogens is 507 g/mol. The number of piperidine rings is 1. The lowest BCUT2D eigenvalue weighted by molar-refractivity contribution is -0.275. The zero-order valence-corrected chi connectivity index (χ0v) is 23.1. The molecule has 0 bridgehead atoms. The van der Waals surface area contributed by atoms with Gasteiger partial charge in [0.15, 0.2) is 0 Å². The van der Waals surface area contributed by atoms with Crippen molar-refractivity contribution in [2.45, 2.75) is 83.2 Å². The van der Waals surface area contributed by atoms with Crippen molar-refractivity contribution in [3.8, 4) is 11.5 Å². The van der Waals surface area contributed by atoms with Crippen LogP contribution in [0.1, 0.15) is 80.2 Å². The van der Waals surface area contributed by atoms with E-state index < -0.39 is 6.36 Å². The van der Waals surface area contributed by atoms with E-state index in [9.17, 15) is 18.0 Å². The lowest BCUT2D eigenvalue weighted by Gasteiger charge is -2.46. The van der Waals surface area contributed by atoms with Crippen LogP contribution in [0.2, 0.25) is 0 Å². The Labute approximate surface area is 228 Å². The summed E-state index contributed by atoms with van der Waals surface area (Å²) in [5, 5.41) is 0. The van der Waals surface area contributed by atoms with Gasteiger partial charge in [-0.25, -0.2) is 0 Å². The molecule has 3 aliphatic rings. The van der Waals surface area contributed by atoms with Crippen LogP contribution in [-0.2, 0) is 16.0 Å². The molecule has 1 spiro atoms. The molecule has 2 aromatic rings. The van der Waals surface area contributed by atoms with Crippen LogP contribution in [0.25, 0.3) is 0 Å². The van der Waals surface area contributed by atoms with Gasteiger partial charge >= 0.3 is 12.3 Å². The molecule has 39 heavy (non-hydrogen) atoms. The summed E-state index contributed by atoms with van der Waals surface area (Å²) in [5.74, 6) is 0.989. The Bertz CT molecular complexity index is 1200. The van der Waals surface area contributed by atoms with Crippen molar-refractivity contribution in [1.82, 2.24) is 4.90 Å². The Balaban J connectivity index is 1.30. The Hall–Kier alpha value is -2.74. The summed E-state index contributed by atoms with van der Waals surface area (Å²) in [4.78, 5) is 14.6. The number of alkyl halides is 3. The van der Waals surface area contributed by atoms with Gasteiger partial charge in [0.05, 0.1) is 13.0 Å². The van der Waals surface area contributed by atoms with Crippen LogP contribution in [0.3, 0.4) is 0 Å². The van der Waals surface area contributed by atoms with Crippen molar-refractivity contribution >= 4 is 5.97 Å². The third-order valence-corrected chi connectivity index (χ3v) is 8.99. The molecule has 3 atom stereocenters. The van der Waals surface area contributed by atoms with Crippen molar-refractivity contribution in [2.24, 2.45) is 11.8 Å². The highest BCUT2D eigenvalue weighted by atomic mass is 19.4. The van der Waals surface area contributed by atoms with Crippen LogP contribution < -0.4 is 9.47 Å². The van der Waals surface area contributed by atoms with Gasteiger partial charge in [-0.1, -0.05) is 36.8 Å². The smallest absolute Gasteiger partial charge is 0.487 e. The monoisotopic (exact) mass is 545 g/mol. The van der Waals surface area contributed by atoms with E-state index in [2.05, 4.69) is 27.8 Å². The molecule has 2 aliphatic heterocycles. The molecule has 1 aliphatic carbocycles. The van der Waals surface area contributed by atoms with Gasteiger partial charge in [0.1, 0.15) is 17.1 Å². The van der Waals surface area contributed by atoms with E-state index in [1.165, 1.54) is 18.7 Å². The number of fused-ring (bicyclic) bond motifs is 1. The van der Waals surface area contributed by atoms with Crippen molar-refractivity contribution in [3.63, 3.8) is 0 Å². The predicted molar refractivity (Wildman–Crippen MR) is 142 cm³/mol. The first-order chi connectivity index (χ1) is 18.5. The van der Waals surface area contributed by atoms with Gasteiger partial charge in [-0.3, -0.25) is 9.69 Å². The molecule has 2 fully saturated rings. The summed E-state index contributed by atoms with van der Waals surface area (Å²) in [6.07, 6.45) is 0.953. The molecule has 5 rings (SSSR count). The summed E-state index contributed by atoms with van der Waals surface area (Å²) in [7, 11) is 1.44. The van der Waals surface area contributed by atoms with Crippen LogP contribution in [-0.4, -0.2) is 43.0 Å². The van der Waals surface area contributed by atoms with Gasteiger partial charge in [-0.2, -0.15) is 0 Å². The number of methoxy groups -OCH3 is 1. The van der Waals surface area contributed by atoms with E-state index in [0.29, 0.717) is 11.5 Å². The Kier molecular flexibility index (Phi) is 7.61. The molecule has 2 heterocycles. The number of hydrogen-bond acceptors (Lipinski definition) is 5.